The van der Waals surface area contributed by atoms with Crippen LogP contribution in [0.2, 0.25) is 0 Å². The number of anilines is 2. The molecule has 0 fully saturated rings. The number of hydrogen-bond donors (Lipinski definition) is 2. The number of fused-ring (bicyclic) bond motifs is 1. The molecular formula is C18H18FN3O2. The number of benzene rings is 2. The molecule has 0 radical (unpaired) electrons. The molecule has 0 aliphatic carbocycles. The number of nitrogens with one attached hydrogen (secondary N) is 2. The zero-order chi connectivity index (χ0) is 16.9. The first-order valence-corrected chi connectivity index (χ1v) is 7.77. The van der Waals surface area contributed by atoms with Gasteiger partial charge in [-0.2, -0.15) is 0 Å². The number of halogens is 1. The molecular weight excluding hydrogens is 309 g/mol. The summed E-state index contributed by atoms with van der Waals surface area (Å²) in [5.74, 6) is -0.926. The Balaban J connectivity index is 1.46. The van der Waals surface area contributed by atoms with Crippen LogP contribution in [-0.2, 0) is 16.0 Å². The van der Waals surface area contributed by atoms with Crippen LogP contribution in [0.3, 0.4) is 0 Å². The van der Waals surface area contributed by atoms with Crippen molar-refractivity contribution in [1.82, 2.24) is 5.32 Å². The Hall–Kier alpha value is -2.89. The van der Waals surface area contributed by atoms with Crippen LogP contribution in [0.1, 0.15) is 5.56 Å². The Kier molecular flexibility index (Phi) is 4.74. The van der Waals surface area contributed by atoms with Crippen molar-refractivity contribution in [3.63, 3.8) is 0 Å². The lowest BCUT2D eigenvalue weighted by Crippen LogP contribution is -2.40. The molecule has 5 nitrogen and oxygen atoms in total. The van der Waals surface area contributed by atoms with Crippen LogP contribution in [0.15, 0.2) is 48.5 Å². The first-order chi connectivity index (χ1) is 11.6. The molecule has 1 aliphatic rings. The van der Waals surface area contributed by atoms with Gasteiger partial charge in [-0.05, 0) is 42.3 Å². The summed E-state index contributed by atoms with van der Waals surface area (Å²) in [6, 6.07) is 13.5. The third kappa shape index (κ3) is 3.90. The van der Waals surface area contributed by atoms with Crippen LogP contribution in [-0.4, -0.2) is 31.4 Å². The van der Waals surface area contributed by atoms with Crippen molar-refractivity contribution in [2.24, 2.45) is 0 Å². The second-order valence-corrected chi connectivity index (χ2v) is 5.63. The van der Waals surface area contributed by atoms with E-state index >= 15 is 0 Å². The van der Waals surface area contributed by atoms with Gasteiger partial charge in [0.25, 0.3) is 0 Å². The highest BCUT2D eigenvalue weighted by molar-refractivity contribution is 5.95. The number of para-hydroxylation sites is 1. The van der Waals surface area contributed by atoms with Crippen LogP contribution in [0.5, 0.6) is 0 Å². The third-order valence-corrected chi connectivity index (χ3v) is 3.89. The Morgan fingerprint density at radius 2 is 1.79 bits per heavy atom. The minimum absolute atomic E-state index is 0.119. The molecule has 0 unspecified atom stereocenters. The Morgan fingerprint density at radius 1 is 1.04 bits per heavy atom. The zero-order valence-electron chi connectivity index (χ0n) is 13.1. The minimum Gasteiger partial charge on any atom is -0.362 e. The van der Waals surface area contributed by atoms with E-state index in [2.05, 4.69) is 16.7 Å². The highest BCUT2D eigenvalue weighted by Crippen LogP contribution is 2.26. The highest BCUT2D eigenvalue weighted by atomic mass is 19.1. The fourth-order valence-corrected chi connectivity index (χ4v) is 2.72. The van der Waals surface area contributed by atoms with Crippen LogP contribution in [0.25, 0.3) is 0 Å². The van der Waals surface area contributed by atoms with Crippen LogP contribution in [0.4, 0.5) is 15.8 Å². The first kappa shape index (κ1) is 16.0. The standard InChI is InChI=1S/C18H18FN3O2/c19-14-5-7-15(8-6-14)21-17(23)11-20-18(24)12-22-10-9-13-3-1-2-4-16(13)22/h1-8H,9-12H2,(H,20,24)(H,21,23). The summed E-state index contributed by atoms with van der Waals surface area (Å²) in [4.78, 5) is 25.8. The number of carbonyl (C=O) groups is 2. The number of hydrogen-bond acceptors (Lipinski definition) is 3. The Bertz CT molecular complexity index is 746. The van der Waals surface area contributed by atoms with Crippen LogP contribution < -0.4 is 15.5 Å². The van der Waals surface area contributed by atoms with E-state index < -0.39 is 0 Å². The van der Waals surface area contributed by atoms with Gasteiger partial charge in [0.05, 0.1) is 13.1 Å². The van der Waals surface area contributed by atoms with E-state index in [0.29, 0.717) is 5.69 Å². The molecule has 24 heavy (non-hydrogen) atoms. The smallest absolute Gasteiger partial charge is 0.243 e. The lowest BCUT2D eigenvalue weighted by molar-refractivity contribution is -0.123. The largest absolute Gasteiger partial charge is 0.362 e. The van der Waals surface area contributed by atoms with Crippen LogP contribution in [0, 0.1) is 5.82 Å². The molecule has 2 amide bonds. The monoisotopic (exact) mass is 327 g/mol. The molecule has 2 aromatic carbocycles. The summed E-state index contributed by atoms with van der Waals surface area (Å²) in [7, 11) is 0. The van der Waals surface area contributed by atoms with Gasteiger partial charge in [0.1, 0.15) is 5.82 Å². The van der Waals surface area contributed by atoms with Gasteiger partial charge in [-0.25, -0.2) is 4.39 Å². The third-order valence-electron chi connectivity index (χ3n) is 3.89. The molecule has 0 saturated carbocycles. The molecule has 124 valence electrons. The second-order valence-electron chi connectivity index (χ2n) is 5.63. The summed E-state index contributed by atoms with van der Waals surface area (Å²) in [6.07, 6.45) is 0.925. The van der Waals surface area contributed by atoms with Gasteiger partial charge < -0.3 is 15.5 Å². The fourth-order valence-electron chi connectivity index (χ4n) is 2.72. The maximum atomic E-state index is 12.8. The van der Waals surface area contributed by atoms with Crippen LogP contribution >= 0.6 is 0 Å². The summed E-state index contributed by atoms with van der Waals surface area (Å²) >= 11 is 0. The van der Waals surface area contributed by atoms with E-state index in [9.17, 15) is 14.0 Å². The predicted octanol–water partition coefficient (Wildman–Crippen LogP) is 1.94. The summed E-state index contributed by atoms with van der Waals surface area (Å²) < 4.78 is 12.8. The number of rotatable bonds is 5. The van der Waals surface area contributed by atoms with E-state index in [1.165, 1.54) is 29.8 Å². The van der Waals surface area contributed by atoms with Crippen molar-refractivity contribution in [3.8, 4) is 0 Å². The molecule has 2 N–H and O–H groups in total. The fraction of sp³-hybridized carbons (Fsp3) is 0.222. The van der Waals surface area contributed by atoms with Crippen molar-refractivity contribution >= 4 is 23.2 Å². The van der Waals surface area contributed by atoms with Crippen molar-refractivity contribution < 1.29 is 14.0 Å². The van der Waals surface area contributed by atoms with E-state index in [1.807, 2.05) is 23.1 Å². The lowest BCUT2D eigenvalue weighted by Gasteiger charge is -2.18. The zero-order valence-corrected chi connectivity index (χ0v) is 13.1. The molecule has 0 atom stereocenters. The molecule has 3 rings (SSSR count). The SMILES string of the molecule is O=C(CN1CCc2ccccc21)NCC(=O)Nc1ccc(F)cc1. The highest BCUT2D eigenvalue weighted by Gasteiger charge is 2.20. The molecule has 1 heterocycles. The average molecular weight is 327 g/mol. The van der Waals surface area contributed by atoms with Gasteiger partial charge in [0, 0.05) is 17.9 Å². The Morgan fingerprint density at radius 3 is 2.58 bits per heavy atom. The second kappa shape index (κ2) is 7.12. The van der Waals surface area contributed by atoms with E-state index in [4.69, 9.17) is 0 Å². The molecule has 2 aromatic rings. The quantitative estimate of drug-likeness (QED) is 0.882. The molecule has 6 heteroatoms. The van der Waals surface area contributed by atoms with Crippen molar-refractivity contribution in [2.45, 2.75) is 6.42 Å². The van der Waals surface area contributed by atoms with Gasteiger partial charge in [-0.15, -0.1) is 0 Å². The van der Waals surface area contributed by atoms with Gasteiger partial charge in [-0.1, -0.05) is 18.2 Å². The predicted molar refractivity (Wildman–Crippen MR) is 90.4 cm³/mol. The van der Waals surface area contributed by atoms with Crippen molar-refractivity contribution in [2.75, 3.05) is 29.9 Å². The van der Waals surface area contributed by atoms with Gasteiger partial charge in [0.2, 0.25) is 11.8 Å². The van der Waals surface area contributed by atoms with E-state index in [-0.39, 0.29) is 30.7 Å². The topological polar surface area (TPSA) is 61.4 Å². The van der Waals surface area contributed by atoms with Gasteiger partial charge in [-0.3, -0.25) is 9.59 Å². The molecule has 0 aromatic heterocycles. The van der Waals surface area contributed by atoms with E-state index in [0.717, 1.165) is 18.7 Å². The number of carbonyl (C=O) groups excluding carboxylic acids is 2. The molecule has 0 bridgehead atoms. The minimum atomic E-state index is -0.368. The Labute approximate surface area is 139 Å². The summed E-state index contributed by atoms with van der Waals surface area (Å²) in [6.45, 7) is 0.904. The van der Waals surface area contributed by atoms with Gasteiger partial charge in [0.15, 0.2) is 0 Å². The number of nitrogens with zero attached hydrogens (tertiary/aromatic N) is 1. The lowest BCUT2D eigenvalue weighted by atomic mass is 10.2. The average Bonchev–Trinajstić information content (AvgIpc) is 2.98. The summed E-state index contributed by atoms with van der Waals surface area (Å²) in [5.41, 5.74) is 2.80. The summed E-state index contributed by atoms with van der Waals surface area (Å²) in [5, 5.41) is 5.20. The maximum Gasteiger partial charge on any atom is 0.243 e. The molecule has 0 saturated heterocycles. The normalized spacial score (nSPS) is 12.6. The molecule has 1 aliphatic heterocycles. The van der Waals surface area contributed by atoms with Crippen molar-refractivity contribution in [1.29, 1.82) is 0 Å². The van der Waals surface area contributed by atoms with E-state index in [1.54, 1.807) is 0 Å². The molecule has 0 spiro atoms. The first-order valence-electron chi connectivity index (χ1n) is 7.77. The number of amides is 2. The van der Waals surface area contributed by atoms with Gasteiger partial charge >= 0.3 is 0 Å². The maximum absolute atomic E-state index is 12.8. The van der Waals surface area contributed by atoms with Crippen molar-refractivity contribution in [3.05, 3.63) is 59.9 Å².